The number of rotatable bonds is 6. The summed E-state index contributed by atoms with van der Waals surface area (Å²) in [4.78, 5) is 27.1. The Bertz CT molecular complexity index is 845. The molecular formula is C23H28N2O4. The molecule has 0 spiro atoms. The third-order valence-corrected chi connectivity index (χ3v) is 5.45. The number of nitrogens with one attached hydrogen (secondary N) is 1. The average molecular weight is 396 g/mol. The summed E-state index contributed by atoms with van der Waals surface area (Å²) < 4.78 is 10.7. The molecule has 2 amide bonds. The molecule has 1 heterocycles. The van der Waals surface area contributed by atoms with Gasteiger partial charge < -0.3 is 19.7 Å². The fourth-order valence-corrected chi connectivity index (χ4v) is 3.71. The Labute approximate surface area is 171 Å². The van der Waals surface area contributed by atoms with Gasteiger partial charge in [-0.2, -0.15) is 0 Å². The van der Waals surface area contributed by atoms with E-state index < -0.39 is 0 Å². The highest BCUT2D eigenvalue weighted by atomic mass is 16.5. The number of amides is 2. The molecular weight excluding hydrogens is 368 g/mol. The van der Waals surface area contributed by atoms with Crippen LogP contribution in [0, 0.1) is 5.92 Å². The molecule has 0 aliphatic carbocycles. The number of hydrogen-bond acceptors (Lipinski definition) is 4. The second kappa shape index (κ2) is 9.45. The first-order valence-corrected chi connectivity index (χ1v) is 9.90. The standard InChI is InChI=1S/C23H28N2O4/c1-16(20-15-19(28-2)9-10-21(20)29-3)24-23(27)25-13-11-18(12-14-25)22(26)17-7-5-4-6-8-17/h4-10,15-16,18H,11-14H2,1-3H3,(H,24,27). The number of hydrogen-bond donors (Lipinski definition) is 1. The van der Waals surface area contributed by atoms with Gasteiger partial charge in [-0.25, -0.2) is 4.79 Å². The van der Waals surface area contributed by atoms with Gasteiger partial charge in [0.2, 0.25) is 0 Å². The van der Waals surface area contributed by atoms with Crippen LogP contribution in [-0.4, -0.2) is 44.0 Å². The van der Waals surface area contributed by atoms with Crippen molar-refractivity contribution >= 4 is 11.8 Å². The summed E-state index contributed by atoms with van der Waals surface area (Å²) in [6.45, 7) is 3.05. The molecule has 154 valence electrons. The van der Waals surface area contributed by atoms with Crippen LogP contribution in [0.15, 0.2) is 48.5 Å². The van der Waals surface area contributed by atoms with Crippen molar-refractivity contribution in [1.82, 2.24) is 10.2 Å². The van der Waals surface area contributed by atoms with Crippen LogP contribution in [0.3, 0.4) is 0 Å². The van der Waals surface area contributed by atoms with Crippen LogP contribution in [-0.2, 0) is 0 Å². The van der Waals surface area contributed by atoms with E-state index >= 15 is 0 Å². The van der Waals surface area contributed by atoms with Crippen molar-refractivity contribution in [2.75, 3.05) is 27.3 Å². The van der Waals surface area contributed by atoms with E-state index in [0.717, 1.165) is 11.1 Å². The van der Waals surface area contributed by atoms with E-state index in [1.807, 2.05) is 55.5 Å². The SMILES string of the molecule is COc1ccc(OC)c(C(C)NC(=O)N2CCC(C(=O)c3ccccc3)CC2)c1. The first-order valence-electron chi connectivity index (χ1n) is 9.90. The third kappa shape index (κ3) is 4.88. The number of ketones is 1. The van der Waals surface area contributed by atoms with Crippen LogP contribution < -0.4 is 14.8 Å². The van der Waals surface area contributed by atoms with Crippen LogP contribution >= 0.6 is 0 Å². The minimum atomic E-state index is -0.240. The van der Waals surface area contributed by atoms with Crippen molar-refractivity contribution in [3.63, 3.8) is 0 Å². The van der Waals surface area contributed by atoms with Gasteiger partial charge in [-0.05, 0) is 38.0 Å². The topological polar surface area (TPSA) is 67.9 Å². The van der Waals surface area contributed by atoms with E-state index in [9.17, 15) is 9.59 Å². The number of carbonyl (C=O) groups excluding carboxylic acids is 2. The lowest BCUT2D eigenvalue weighted by Crippen LogP contribution is -2.46. The van der Waals surface area contributed by atoms with Crippen molar-refractivity contribution in [1.29, 1.82) is 0 Å². The average Bonchev–Trinajstić information content (AvgIpc) is 2.78. The minimum absolute atomic E-state index is 0.0302. The van der Waals surface area contributed by atoms with Gasteiger partial charge in [-0.1, -0.05) is 30.3 Å². The number of ether oxygens (including phenoxy) is 2. The van der Waals surface area contributed by atoms with Gasteiger partial charge in [0.25, 0.3) is 0 Å². The zero-order chi connectivity index (χ0) is 20.8. The molecule has 1 N–H and O–H groups in total. The van der Waals surface area contributed by atoms with Crippen LogP contribution in [0.4, 0.5) is 4.79 Å². The number of piperidine rings is 1. The van der Waals surface area contributed by atoms with Gasteiger partial charge >= 0.3 is 6.03 Å². The van der Waals surface area contributed by atoms with Gasteiger partial charge in [0.05, 0.1) is 20.3 Å². The van der Waals surface area contributed by atoms with Gasteiger partial charge in [-0.3, -0.25) is 4.79 Å². The van der Waals surface area contributed by atoms with E-state index in [4.69, 9.17) is 9.47 Å². The molecule has 1 unspecified atom stereocenters. The quantitative estimate of drug-likeness (QED) is 0.748. The second-order valence-electron chi connectivity index (χ2n) is 7.27. The predicted molar refractivity (Wildman–Crippen MR) is 112 cm³/mol. The lowest BCUT2D eigenvalue weighted by molar-refractivity contribution is 0.0853. The smallest absolute Gasteiger partial charge is 0.317 e. The molecule has 1 aliphatic rings. The van der Waals surface area contributed by atoms with Crippen LogP contribution in [0.1, 0.15) is 41.7 Å². The molecule has 0 radical (unpaired) electrons. The predicted octanol–water partition coefficient (Wildman–Crippen LogP) is 4.07. The summed E-state index contributed by atoms with van der Waals surface area (Å²) in [5.41, 5.74) is 1.60. The molecule has 29 heavy (non-hydrogen) atoms. The van der Waals surface area contributed by atoms with Crippen molar-refractivity contribution in [3.05, 3.63) is 59.7 Å². The molecule has 0 bridgehead atoms. The normalized spacial score (nSPS) is 15.5. The lowest BCUT2D eigenvalue weighted by Gasteiger charge is -2.32. The Morgan fingerprint density at radius 1 is 1.03 bits per heavy atom. The number of urea groups is 1. The summed E-state index contributed by atoms with van der Waals surface area (Å²) in [7, 11) is 3.21. The first kappa shape index (κ1) is 20.7. The molecule has 0 saturated carbocycles. The Balaban J connectivity index is 1.58. The monoisotopic (exact) mass is 396 g/mol. The van der Waals surface area contributed by atoms with Crippen molar-refractivity contribution in [2.24, 2.45) is 5.92 Å². The Morgan fingerprint density at radius 2 is 1.72 bits per heavy atom. The molecule has 2 aromatic rings. The maximum atomic E-state index is 12.7. The third-order valence-electron chi connectivity index (χ3n) is 5.45. The van der Waals surface area contributed by atoms with Crippen molar-refractivity contribution in [2.45, 2.75) is 25.8 Å². The highest BCUT2D eigenvalue weighted by molar-refractivity contribution is 5.98. The fraction of sp³-hybridized carbons (Fsp3) is 0.391. The molecule has 3 rings (SSSR count). The number of Topliss-reactive ketones (excluding diaryl/α,β-unsaturated/α-hetero) is 1. The number of nitrogens with zero attached hydrogens (tertiary/aromatic N) is 1. The summed E-state index contributed by atoms with van der Waals surface area (Å²) in [6, 6.07) is 14.5. The fourth-order valence-electron chi connectivity index (χ4n) is 3.71. The number of benzene rings is 2. The van der Waals surface area contributed by atoms with E-state index in [-0.39, 0.29) is 23.8 Å². The zero-order valence-corrected chi connectivity index (χ0v) is 17.2. The maximum absolute atomic E-state index is 12.7. The van der Waals surface area contributed by atoms with Crippen LogP contribution in [0.25, 0.3) is 0 Å². The Kier molecular flexibility index (Phi) is 6.75. The maximum Gasteiger partial charge on any atom is 0.317 e. The molecule has 2 aromatic carbocycles. The number of likely N-dealkylation sites (tertiary alicyclic amines) is 1. The number of methoxy groups -OCH3 is 2. The molecule has 6 nitrogen and oxygen atoms in total. The van der Waals surface area contributed by atoms with Crippen LogP contribution in [0.5, 0.6) is 11.5 Å². The van der Waals surface area contributed by atoms with Gasteiger partial charge in [0, 0.05) is 30.1 Å². The molecule has 1 saturated heterocycles. The molecule has 1 atom stereocenters. The van der Waals surface area contributed by atoms with Gasteiger partial charge in [0.15, 0.2) is 5.78 Å². The number of carbonyl (C=O) groups is 2. The van der Waals surface area contributed by atoms with E-state index in [1.54, 1.807) is 19.1 Å². The summed E-state index contributed by atoms with van der Waals surface area (Å²) in [5, 5.41) is 3.03. The Hall–Kier alpha value is -3.02. The van der Waals surface area contributed by atoms with E-state index in [1.165, 1.54) is 0 Å². The van der Waals surface area contributed by atoms with Crippen molar-refractivity contribution in [3.8, 4) is 11.5 Å². The largest absolute Gasteiger partial charge is 0.497 e. The molecule has 1 aliphatic heterocycles. The van der Waals surface area contributed by atoms with E-state index in [2.05, 4.69) is 5.32 Å². The molecule has 0 aromatic heterocycles. The minimum Gasteiger partial charge on any atom is -0.497 e. The summed E-state index contributed by atoms with van der Waals surface area (Å²) in [5.74, 6) is 1.55. The highest BCUT2D eigenvalue weighted by Crippen LogP contribution is 2.29. The summed E-state index contributed by atoms with van der Waals surface area (Å²) in [6.07, 6.45) is 1.36. The van der Waals surface area contributed by atoms with E-state index in [0.29, 0.717) is 37.4 Å². The summed E-state index contributed by atoms with van der Waals surface area (Å²) >= 11 is 0. The van der Waals surface area contributed by atoms with Gasteiger partial charge in [-0.15, -0.1) is 0 Å². The van der Waals surface area contributed by atoms with Gasteiger partial charge in [0.1, 0.15) is 11.5 Å². The van der Waals surface area contributed by atoms with Crippen molar-refractivity contribution < 1.29 is 19.1 Å². The lowest BCUT2D eigenvalue weighted by atomic mass is 9.89. The molecule has 1 fully saturated rings. The zero-order valence-electron chi connectivity index (χ0n) is 17.2. The molecule has 6 heteroatoms. The van der Waals surface area contributed by atoms with Crippen LogP contribution in [0.2, 0.25) is 0 Å². The highest BCUT2D eigenvalue weighted by Gasteiger charge is 2.28. The second-order valence-corrected chi connectivity index (χ2v) is 7.27. The Morgan fingerprint density at radius 3 is 2.34 bits per heavy atom. The first-order chi connectivity index (χ1) is 14.0.